The van der Waals surface area contributed by atoms with Crippen LogP contribution in [0.3, 0.4) is 0 Å². The molecule has 1 N–H and O–H groups in total. The average Bonchev–Trinajstić information content (AvgIpc) is 2.89. The van der Waals surface area contributed by atoms with Crippen molar-refractivity contribution in [3.05, 3.63) is 34.4 Å². The smallest absolute Gasteiger partial charge is 0.262 e. The molecule has 0 radical (unpaired) electrons. The Bertz CT molecular complexity index is 778. The molecule has 1 aliphatic heterocycles. The van der Waals surface area contributed by atoms with Crippen LogP contribution in [0.4, 0.5) is 0 Å². The zero-order valence-electron chi connectivity index (χ0n) is 10.5. The second kappa shape index (κ2) is 6.01. The molecule has 1 aromatic carbocycles. The third kappa shape index (κ3) is 2.81. The Morgan fingerprint density at radius 2 is 2.25 bits per heavy atom. The van der Waals surface area contributed by atoms with Crippen LogP contribution in [0.15, 0.2) is 16.9 Å². The molecule has 1 unspecified atom stereocenters. The van der Waals surface area contributed by atoms with E-state index in [1.54, 1.807) is 4.57 Å². The van der Waals surface area contributed by atoms with Gasteiger partial charge in [0.15, 0.2) is 4.77 Å². The zero-order chi connectivity index (χ0) is 14.3. The van der Waals surface area contributed by atoms with E-state index in [0.29, 0.717) is 16.7 Å². The molecule has 0 aliphatic carbocycles. The Morgan fingerprint density at radius 3 is 2.95 bits per heavy atom. The molecular formula is C13H12I2N2O2S. The van der Waals surface area contributed by atoms with E-state index in [1.165, 1.54) is 0 Å². The van der Waals surface area contributed by atoms with Crippen molar-refractivity contribution in [1.82, 2.24) is 9.55 Å². The summed E-state index contributed by atoms with van der Waals surface area (Å²) in [6, 6.07) is 3.93. The molecule has 0 amide bonds. The van der Waals surface area contributed by atoms with Crippen LogP contribution in [0, 0.1) is 11.9 Å². The molecule has 4 nitrogen and oxygen atoms in total. The van der Waals surface area contributed by atoms with Gasteiger partial charge >= 0.3 is 0 Å². The summed E-state index contributed by atoms with van der Waals surface area (Å²) >= 11 is 9.79. The maximum atomic E-state index is 12.7. The third-order valence-electron chi connectivity index (χ3n) is 3.42. The van der Waals surface area contributed by atoms with Gasteiger partial charge in [-0.2, -0.15) is 0 Å². The second-order valence-corrected chi connectivity index (χ2v) is 7.59. The first kappa shape index (κ1) is 14.9. The number of benzene rings is 1. The fourth-order valence-electron chi connectivity index (χ4n) is 2.44. The predicted octanol–water partition coefficient (Wildman–Crippen LogP) is 3.45. The minimum atomic E-state index is -0.0318. The lowest BCUT2D eigenvalue weighted by Gasteiger charge is -2.13. The van der Waals surface area contributed by atoms with Crippen LogP contribution in [0.1, 0.15) is 12.8 Å². The highest BCUT2D eigenvalue weighted by atomic mass is 127. The summed E-state index contributed by atoms with van der Waals surface area (Å²) in [4.78, 5) is 15.8. The number of ether oxygens (including phenoxy) is 1. The number of hydrogen-bond acceptors (Lipinski definition) is 3. The number of aromatic amines is 1. The van der Waals surface area contributed by atoms with Crippen molar-refractivity contribution < 1.29 is 4.74 Å². The summed E-state index contributed by atoms with van der Waals surface area (Å²) < 4.78 is 9.76. The quantitative estimate of drug-likeness (QED) is 0.494. The number of hydrogen-bond donors (Lipinski definition) is 1. The monoisotopic (exact) mass is 514 g/mol. The normalized spacial score (nSPS) is 18.8. The fraction of sp³-hybridized carbons (Fsp3) is 0.385. The maximum Gasteiger partial charge on any atom is 0.262 e. The lowest BCUT2D eigenvalue weighted by molar-refractivity contribution is 0.0957. The predicted molar refractivity (Wildman–Crippen MR) is 97.8 cm³/mol. The van der Waals surface area contributed by atoms with Gasteiger partial charge in [-0.05, 0) is 82.4 Å². The lowest BCUT2D eigenvalue weighted by atomic mass is 10.2. The SMILES string of the molecule is O=c1c2cc(I)cc(I)c2[nH]c(=S)n1CC1CCCO1. The van der Waals surface area contributed by atoms with Gasteiger partial charge in [-0.25, -0.2) is 0 Å². The van der Waals surface area contributed by atoms with Crippen molar-refractivity contribution in [3.8, 4) is 0 Å². The van der Waals surface area contributed by atoms with E-state index in [1.807, 2.05) is 12.1 Å². The molecule has 20 heavy (non-hydrogen) atoms. The Balaban J connectivity index is 2.18. The van der Waals surface area contributed by atoms with Gasteiger partial charge in [0.05, 0.1) is 23.6 Å². The summed E-state index contributed by atoms with van der Waals surface area (Å²) in [5.41, 5.74) is 0.792. The Hall–Kier alpha value is -0.000000000000000160. The first-order valence-electron chi connectivity index (χ1n) is 6.30. The van der Waals surface area contributed by atoms with Crippen LogP contribution in [0.5, 0.6) is 0 Å². The number of aromatic nitrogens is 2. The van der Waals surface area contributed by atoms with Gasteiger partial charge in [0.25, 0.3) is 5.56 Å². The van der Waals surface area contributed by atoms with E-state index < -0.39 is 0 Å². The number of H-pyrrole nitrogens is 1. The molecule has 1 fully saturated rings. The molecule has 0 bridgehead atoms. The molecule has 0 saturated carbocycles. The van der Waals surface area contributed by atoms with Crippen molar-refractivity contribution in [3.63, 3.8) is 0 Å². The number of rotatable bonds is 2. The molecule has 2 aromatic rings. The highest BCUT2D eigenvalue weighted by Gasteiger charge is 2.18. The molecule has 3 rings (SSSR count). The standard InChI is InChI=1S/C13H12I2N2O2S/c14-7-4-9-11(10(15)5-7)16-13(20)17(12(9)18)6-8-2-1-3-19-8/h4-5,8H,1-3,6H2,(H,16,20). The summed E-state index contributed by atoms with van der Waals surface area (Å²) in [5.74, 6) is 0. The molecule has 0 spiro atoms. The largest absolute Gasteiger partial charge is 0.376 e. The number of fused-ring (bicyclic) bond motifs is 1. The first-order chi connectivity index (χ1) is 9.56. The van der Waals surface area contributed by atoms with Crippen molar-refractivity contribution in [2.75, 3.05) is 6.61 Å². The van der Waals surface area contributed by atoms with Gasteiger partial charge in [0, 0.05) is 13.7 Å². The number of nitrogens with zero attached hydrogens (tertiary/aromatic N) is 1. The van der Waals surface area contributed by atoms with E-state index in [9.17, 15) is 4.79 Å². The van der Waals surface area contributed by atoms with Gasteiger partial charge in [0.1, 0.15) is 0 Å². The van der Waals surface area contributed by atoms with E-state index in [4.69, 9.17) is 17.0 Å². The van der Waals surface area contributed by atoms with Crippen LogP contribution in [-0.2, 0) is 11.3 Å². The van der Waals surface area contributed by atoms with Crippen molar-refractivity contribution in [2.24, 2.45) is 0 Å². The van der Waals surface area contributed by atoms with Crippen LogP contribution < -0.4 is 5.56 Å². The van der Waals surface area contributed by atoms with Gasteiger partial charge in [0.2, 0.25) is 0 Å². The second-order valence-electron chi connectivity index (χ2n) is 4.79. The average molecular weight is 514 g/mol. The number of nitrogens with one attached hydrogen (secondary N) is 1. The lowest BCUT2D eigenvalue weighted by Crippen LogP contribution is -2.28. The fourth-order valence-corrected chi connectivity index (χ4v) is 4.68. The molecular weight excluding hydrogens is 502 g/mol. The summed E-state index contributed by atoms with van der Waals surface area (Å²) in [6.07, 6.45) is 2.14. The minimum Gasteiger partial charge on any atom is -0.376 e. The number of halogens is 2. The molecule has 1 saturated heterocycles. The van der Waals surface area contributed by atoms with E-state index in [2.05, 4.69) is 50.2 Å². The van der Waals surface area contributed by atoms with Crippen molar-refractivity contribution in [2.45, 2.75) is 25.5 Å². The Labute approximate surface area is 148 Å². The van der Waals surface area contributed by atoms with E-state index in [-0.39, 0.29) is 11.7 Å². The van der Waals surface area contributed by atoms with E-state index in [0.717, 1.165) is 32.1 Å². The Kier molecular flexibility index (Phi) is 4.48. The van der Waals surface area contributed by atoms with Crippen LogP contribution in [0.2, 0.25) is 0 Å². The molecule has 1 atom stereocenters. The van der Waals surface area contributed by atoms with Crippen LogP contribution >= 0.6 is 57.4 Å². The zero-order valence-corrected chi connectivity index (χ0v) is 15.6. The van der Waals surface area contributed by atoms with E-state index >= 15 is 0 Å². The molecule has 106 valence electrons. The Morgan fingerprint density at radius 1 is 1.45 bits per heavy atom. The first-order valence-corrected chi connectivity index (χ1v) is 8.86. The molecule has 7 heteroatoms. The third-order valence-corrected chi connectivity index (χ3v) is 5.21. The highest BCUT2D eigenvalue weighted by Crippen LogP contribution is 2.20. The topological polar surface area (TPSA) is 47.0 Å². The summed E-state index contributed by atoms with van der Waals surface area (Å²) in [5, 5.41) is 0.688. The summed E-state index contributed by atoms with van der Waals surface area (Å²) in [7, 11) is 0. The maximum absolute atomic E-state index is 12.7. The summed E-state index contributed by atoms with van der Waals surface area (Å²) in [6.45, 7) is 1.31. The minimum absolute atomic E-state index is 0.0318. The van der Waals surface area contributed by atoms with Gasteiger partial charge in [-0.1, -0.05) is 0 Å². The highest BCUT2D eigenvalue weighted by molar-refractivity contribution is 14.1. The van der Waals surface area contributed by atoms with Crippen LogP contribution in [-0.4, -0.2) is 22.3 Å². The van der Waals surface area contributed by atoms with Crippen LogP contribution in [0.25, 0.3) is 10.9 Å². The van der Waals surface area contributed by atoms with Gasteiger partial charge in [-0.3, -0.25) is 9.36 Å². The molecule has 1 aliphatic rings. The van der Waals surface area contributed by atoms with Gasteiger partial charge < -0.3 is 9.72 Å². The molecule has 2 heterocycles. The van der Waals surface area contributed by atoms with Crippen molar-refractivity contribution >= 4 is 68.3 Å². The molecule has 1 aromatic heterocycles. The van der Waals surface area contributed by atoms with Crippen molar-refractivity contribution in [1.29, 1.82) is 0 Å². The van der Waals surface area contributed by atoms with Gasteiger partial charge in [-0.15, -0.1) is 0 Å².